The van der Waals surface area contributed by atoms with E-state index in [1.165, 1.54) is 0 Å². The molecule has 1 saturated heterocycles. The number of nitrogens with one attached hydrogen (secondary N) is 1. The zero-order chi connectivity index (χ0) is 19.1. The van der Waals surface area contributed by atoms with Gasteiger partial charge in [-0.2, -0.15) is 0 Å². The predicted molar refractivity (Wildman–Crippen MR) is 102 cm³/mol. The number of hydrogen-bond acceptors (Lipinski definition) is 5. The highest BCUT2D eigenvalue weighted by molar-refractivity contribution is 5.96. The zero-order valence-corrected chi connectivity index (χ0v) is 15.7. The molecule has 1 unspecified atom stereocenters. The molecule has 0 aliphatic carbocycles. The third kappa shape index (κ3) is 4.92. The first-order valence-electron chi connectivity index (χ1n) is 9.04. The van der Waals surface area contributed by atoms with Gasteiger partial charge in [-0.25, -0.2) is 0 Å². The second kappa shape index (κ2) is 9.28. The van der Waals surface area contributed by atoms with Crippen LogP contribution in [0.3, 0.4) is 0 Å². The summed E-state index contributed by atoms with van der Waals surface area (Å²) in [4.78, 5) is 12.4. The molecule has 3 rings (SSSR count). The van der Waals surface area contributed by atoms with Gasteiger partial charge < -0.3 is 24.3 Å². The molecule has 1 aliphatic rings. The molecule has 1 atom stereocenters. The molecule has 1 amide bonds. The fraction of sp³-hybridized carbons (Fsp3) is 0.381. The Kier molecular flexibility index (Phi) is 6.54. The molecule has 1 N–H and O–H groups in total. The maximum Gasteiger partial charge on any atom is 0.255 e. The molecule has 2 aromatic rings. The molecule has 1 aliphatic heterocycles. The molecular weight excluding hydrogens is 346 g/mol. The summed E-state index contributed by atoms with van der Waals surface area (Å²) < 4.78 is 22.1. The lowest BCUT2D eigenvalue weighted by Crippen LogP contribution is -2.23. The summed E-state index contributed by atoms with van der Waals surface area (Å²) in [5.41, 5.74) is 1.42. The molecule has 6 heteroatoms. The van der Waals surface area contributed by atoms with Crippen LogP contribution in [0.2, 0.25) is 0 Å². The van der Waals surface area contributed by atoms with Gasteiger partial charge in [-0.3, -0.25) is 4.79 Å². The molecule has 0 spiro atoms. The Bertz CT molecular complexity index is 771. The van der Waals surface area contributed by atoms with Gasteiger partial charge in [0.05, 0.1) is 25.9 Å². The largest absolute Gasteiger partial charge is 0.496 e. The average Bonchev–Trinajstić information content (AvgIpc) is 3.24. The van der Waals surface area contributed by atoms with Gasteiger partial charge in [-0.15, -0.1) is 0 Å². The Labute approximate surface area is 159 Å². The second-order valence-corrected chi connectivity index (χ2v) is 6.31. The molecule has 27 heavy (non-hydrogen) atoms. The van der Waals surface area contributed by atoms with Gasteiger partial charge in [0, 0.05) is 13.2 Å². The van der Waals surface area contributed by atoms with Crippen LogP contribution in [0, 0.1) is 0 Å². The highest BCUT2D eigenvalue weighted by Gasteiger charge is 2.17. The van der Waals surface area contributed by atoms with Crippen LogP contribution < -0.4 is 19.5 Å². The van der Waals surface area contributed by atoms with E-state index in [1.54, 1.807) is 32.4 Å². The lowest BCUT2D eigenvalue weighted by atomic mass is 10.1. The Morgan fingerprint density at radius 1 is 1.11 bits per heavy atom. The number of benzene rings is 2. The summed E-state index contributed by atoms with van der Waals surface area (Å²) in [6.07, 6.45) is 2.25. The molecule has 144 valence electrons. The van der Waals surface area contributed by atoms with E-state index in [-0.39, 0.29) is 12.0 Å². The highest BCUT2D eigenvalue weighted by Crippen LogP contribution is 2.29. The SMILES string of the molecule is COc1cc(CNC(=O)c2ccccc2OC)ccc1OCC1CCCO1. The minimum Gasteiger partial charge on any atom is -0.496 e. The van der Waals surface area contributed by atoms with E-state index >= 15 is 0 Å². The van der Waals surface area contributed by atoms with Crippen molar-refractivity contribution in [1.29, 1.82) is 0 Å². The van der Waals surface area contributed by atoms with Crippen LogP contribution in [0.5, 0.6) is 17.2 Å². The third-order valence-electron chi connectivity index (χ3n) is 4.48. The van der Waals surface area contributed by atoms with Crippen molar-refractivity contribution in [2.24, 2.45) is 0 Å². The molecule has 1 fully saturated rings. The average molecular weight is 371 g/mol. The van der Waals surface area contributed by atoms with Crippen LogP contribution >= 0.6 is 0 Å². The van der Waals surface area contributed by atoms with Crippen molar-refractivity contribution in [2.45, 2.75) is 25.5 Å². The molecule has 1 heterocycles. The summed E-state index contributed by atoms with van der Waals surface area (Å²) in [6, 6.07) is 12.8. The first kappa shape index (κ1) is 19.0. The number of carbonyl (C=O) groups is 1. The highest BCUT2D eigenvalue weighted by atomic mass is 16.5. The van der Waals surface area contributed by atoms with E-state index in [1.807, 2.05) is 24.3 Å². The van der Waals surface area contributed by atoms with E-state index in [0.29, 0.717) is 36.0 Å². The van der Waals surface area contributed by atoms with Crippen molar-refractivity contribution >= 4 is 5.91 Å². The maximum atomic E-state index is 12.4. The summed E-state index contributed by atoms with van der Waals surface area (Å²) in [5.74, 6) is 1.67. The fourth-order valence-corrected chi connectivity index (χ4v) is 3.01. The van der Waals surface area contributed by atoms with Gasteiger partial charge in [0.25, 0.3) is 5.91 Å². The predicted octanol–water partition coefficient (Wildman–Crippen LogP) is 3.19. The number of methoxy groups -OCH3 is 2. The Morgan fingerprint density at radius 2 is 1.93 bits per heavy atom. The maximum absolute atomic E-state index is 12.4. The van der Waals surface area contributed by atoms with E-state index in [2.05, 4.69) is 5.32 Å². The van der Waals surface area contributed by atoms with Crippen LogP contribution in [0.4, 0.5) is 0 Å². The molecule has 0 aromatic heterocycles. The Morgan fingerprint density at radius 3 is 2.67 bits per heavy atom. The van der Waals surface area contributed by atoms with E-state index in [4.69, 9.17) is 18.9 Å². The number of rotatable bonds is 8. The lowest BCUT2D eigenvalue weighted by Gasteiger charge is -2.15. The van der Waals surface area contributed by atoms with Crippen LogP contribution in [0.25, 0.3) is 0 Å². The van der Waals surface area contributed by atoms with Gasteiger partial charge in [-0.05, 0) is 42.7 Å². The summed E-state index contributed by atoms with van der Waals surface area (Å²) in [5, 5.41) is 2.90. The molecule has 0 saturated carbocycles. The second-order valence-electron chi connectivity index (χ2n) is 6.31. The molecule has 0 bridgehead atoms. The van der Waals surface area contributed by atoms with E-state index in [0.717, 1.165) is 25.0 Å². The zero-order valence-electron chi connectivity index (χ0n) is 15.7. The monoisotopic (exact) mass is 371 g/mol. The van der Waals surface area contributed by atoms with Crippen molar-refractivity contribution in [3.63, 3.8) is 0 Å². The van der Waals surface area contributed by atoms with Crippen molar-refractivity contribution in [1.82, 2.24) is 5.32 Å². The van der Waals surface area contributed by atoms with E-state index < -0.39 is 0 Å². The third-order valence-corrected chi connectivity index (χ3v) is 4.48. The number of carbonyl (C=O) groups excluding carboxylic acids is 1. The minimum atomic E-state index is -0.190. The topological polar surface area (TPSA) is 66.0 Å². The molecule has 6 nitrogen and oxygen atoms in total. The van der Waals surface area contributed by atoms with Gasteiger partial charge in [-0.1, -0.05) is 18.2 Å². The van der Waals surface area contributed by atoms with Crippen LogP contribution in [0.1, 0.15) is 28.8 Å². The summed E-state index contributed by atoms with van der Waals surface area (Å²) in [7, 11) is 3.15. The van der Waals surface area contributed by atoms with Crippen LogP contribution in [-0.2, 0) is 11.3 Å². The van der Waals surface area contributed by atoms with E-state index in [9.17, 15) is 4.79 Å². The Hall–Kier alpha value is -2.73. The van der Waals surface area contributed by atoms with Crippen LogP contribution in [0.15, 0.2) is 42.5 Å². The smallest absolute Gasteiger partial charge is 0.255 e. The molecular formula is C21H25NO5. The Balaban J connectivity index is 1.60. The number of hydrogen-bond donors (Lipinski definition) is 1. The van der Waals surface area contributed by atoms with Gasteiger partial charge >= 0.3 is 0 Å². The van der Waals surface area contributed by atoms with Crippen molar-refractivity contribution in [3.8, 4) is 17.2 Å². The van der Waals surface area contributed by atoms with Crippen molar-refractivity contribution in [3.05, 3.63) is 53.6 Å². The van der Waals surface area contributed by atoms with Crippen LogP contribution in [-0.4, -0.2) is 39.4 Å². The van der Waals surface area contributed by atoms with Crippen molar-refractivity contribution < 1.29 is 23.7 Å². The minimum absolute atomic E-state index is 0.148. The number of para-hydroxylation sites is 1. The van der Waals surface area contributed by atoms with Gasteiger partial charge in [0.2, 0.25) is 0 Å². The lowest BCUT2D eigenvalue weighted by molar-refractivity contribution is 0.0669. The number of amides is 1. The normalized spacial score (nSPS) is 16.0. The van der Waals surface area contributed by atoms with Gasteiger partial charge in [0.15, 0.2) is 11.5 Å². The first-order chi connectivity index (χ1) is 13.2. The van der Waals surface area contributed by atoms with Gasteiger partial charge in [0.1, 0.15) is 12.4 Å². The summed E-state index contributed by atoms with van der Waals surface area (Å²) in [6.45, 7) is 1.69. The first-order valence-corrected chi connectivity index (χ1v) is 9.04. The summed E-state index contributed by atoms with van der Waals surface area (Å²) >= 11 is 0. The molecule has 0 radical (unpaired) electrons. The quantitative estimate of drug-likeness (QED) is 0.772. The fourth-order valence-electron chi connectivity index (χ4n) is 3.01. The standard InChI is InChI=1S/C21H25NO5/c1-24-18-8-4-3-7-17(18)21(23)22-13-15-9-10-19(20(12-15)25-2)27-14-16-6-5-11-26-16/h3-4,7-10,12,16H,5-6,11,13-14H2,1-2H3,(H,22,23). The molecule has 2 aromatic carbocycles. The van der Waals surface area contributed by atoms with Crippen molar-refractivity contribution in [2.75, 3.05) is 27.4 Å². The number of ether oxygens (including phenoxy) is 4.